The number of rotatable bonds is 6. The maximum absolute atomic E-state index is 12.5. The number of phenols is 1. The summed E-state index contributed by atoms with van der Waals surface area (Å²) in [6.45, 7) is 1.75. The third-order valence-electron chi connectivity index (χ3n) is 5.25. The highest BCUT2D eigenvalue weighted by Crippen LogP contribution is 2.44. The molecule has 0 spiro atoms. The zero-order valence-electron chi connectivity index (χ0n) is 18.0. The van der Waals surface area contributed by atoms with Crippen molar-refractivity contribution in [3.8, 4) is 34.4 Å². The summed E-state index contributed by atoms with van der Waals surface area (Å²) in [5, 5.41) is 17.3. The second-order valence-electron chi connectivity index (χ2n) is 7.14. The minimum atomic E-state index is -0.684. The van der Waals surface area contributed by atoms with Gasteiger partial charge in [0.05, 0.1) is 26.9 Å². The predicted molar refractivity (Wildman–Crippen MR) is 117 cm³/mol. The number of nitrogens with one attached hydrogen (secondary N) is 1. The topological polar surface area (TPSA) is 134 Å². The van der Waals surface area contributed by atoms with Gasteiger partial charge in [-0.15, -0.1) is 5.10 Å². The van der Waals surface area contributed by atoms with Crippen molar-refractivity contribution < 1.29 is 24.1 Å². The average molecular weight is 437 g/mol. The Hall–Kier alpha value is -4.21. The molecule has 3 aromatic rings. The number of hydrogen-bond acceptors (Lipinski definition) is 8. The Morgan fingerprint density at radius 2 is 1.72 bits per heavy atom. The number of fused-ring (bicyclic) bond motifs is 1. The maximum Gasteiger partial charge on any atom is 0.248 e. The lowest BCUT2D eigenvalue weighted by Crippen LogP contribution is -2.31. The summed E-state index contributed by atoms with van der Waals surface area (Å²) >= 11 is 0. The van der Waals surface area contributed by atoms with Crippen LogP contribution in [-0.2, 0) is 4.79 Å². The van der Waals surface area contributed by atoms with Crippen LogP contribution in [0.3, 0.4) is 0 Å². The zero-order chi connectivity index (χ0) is 23.0. The lowest BCUT2D eigenvalue weighted by molar-refractivity contribution is -0.115. The lowest BCUT2D eigenvalue weighted by Gasteiger charge is -2.28. The van der Waals surface area contributed by atoms with Crippen LogP contribution in [0.2, 0.25) is 0 Å². The first-order valence-corrected chi connectivity index (χ1v) is 9.71. The Balaban J connectivity index is 1.92. The van der Waals surface area contributed by atoms with E-state index in [1.54, 1.807) is 48.0 Å². The number of benzene rings is 2. The van der Waals surface area contributed by atoms with E-state index in [4.69, 9.17) is 19.9 Å². The molecule has 0 saturated heterocycles. The molecule has 4 rings (SSSR count). The summed E-state index contributed by atoms with van der Waals surface area (Å²) in [6.07, 6.45) is 0. The molecule has 0 fully saturated rings. The molecule has 1 amide bonds. The third kappa shape index (κ3) is 3.45. The van der Waals surface area contributed by atoms with Crippen molar-refractivity contribution in [2.45, 2.75) is 13.0 Å². The van der Waals surface area contributed by atoms with E-state index in [2.05, 4.69) is 15.4 Å². The molecule has 0 radical (unpaired) electrons. The van der Waals surface area contributed by atoms with Gasteiger partial charge < -0.3 is 30.4 Å². The molecule has 2 heterocycles. The fraction of sp³-hybridized carbons (Fsp3) is 0.227. The minimum absolute atomic E-state index is 0.139. The number of aromatic hydroxyl groups is 1. The van der Waals surface area contributed by atoms with Crippen LogP contribution < -0.4 is 25.3 Å². The second-order valence-corrected chi connectivity index (χ2v) is 7.14. The van der Waals surface area contributed by atoms with E-state index in [0.717, 1.165) is 0 Å². The molecule has 2 aromatic carbocycles. The molecule has 1 atom stereocenters. The monoisotopic (exact) mass is 437 g/mol. The molecular weight excluding hydrogens is 414 g/mol. The van der Waals surface area contributed by atoms with E-state index in [0.29, 0.717) is 51.4 Å². The average Bonchev–Trinajstić information content (AvgIpc) is 3.20. The highest BCUT2D eigenvalue weighted by molar-refractivity contribution is 5.95. The molecule has 1 aliphatic heterocycles. The van der Waals surface area contributed by atoms with Crippen molar-refractivity contribution in [3.05, 3.63) is 53.2 Å². The van der Waals surface area contributed by atoms with Crippen LogP contribution in [0.25, 0.3) is 11.4 Å². The van der Waals surface area contributed by atoms with Crippen LogP contribution in [0.5, 0.6) is 23.0 Å². The fourth-order valence-corrected chi connectivity index (χ4v) is 3.77. The third-order valence-corrected chi connectivity index (χ3v) is 5.25. The number of ether oxygens (including phenoxy) is 3. The Labute approximate surface area is 184 Å². The van der Waals surface area contributed by atoms with Gasteiger partial charge in [0.2, 0.25) is 17.6 Å². The van der Waals surface area contributed by atoms with Gasteiger partial charge in [-0.05, 0) is 48.9 Å². The van der Waals surface area contributed by atoms with E-state index < -0.39 is 11.9 Å². The zero-order valence-corrected chi connectivity index (χ0v) is 18.0. The van der Waals surface area contributed by atoms with Gasteiger partial charge in [0.25, 0.3) is 0 Å². The number of carbonyl (C=O) groups excluding carboxylic acids is 1. The summed E-state index contributed by atoms with van der Waals surface area (Å²) in [4.78, 5) is 17.0. The molecule has 1 aliphatic rings. The van der Waals surface area contributed by atoms with Crippen molar-refractivity contribution in [2.75, 3.05) is 26.6 Å². The Kier molecular flexibility index (Phi) is 5.35. The highest BCUT2D eigenvalue weighted by atomic mass is 16.5. The predicted octanol–water partition coefficient (Wildman–Crippen LogP) is 2.45. The Morgan fingerprint density at radius 1 is 1.09 bits per heavy atom. The quantitative estimate of drug-likeness (QED) is 0.535. The molecule has 0 unspecified atom stereocenters. The van der Waals surface area contributed by atoms with Crippen LogP contribution in [0, 0.1) is 0 Å². The Bertz CT molecular complexity index is 1190. The van der Waals surface area contributed by atoms with Gasteiger partial charge in [-0.1, -0.05) is 0 Å². The normalized spacial score (nSPS) is 15.1. The number of nitrogens with two attached hydrogens (primary N) is 1. The summed E-state index contributed by atoms with van der Waals surface area (Å²) in [7, 11) is 4.55. The molecule has 0 saturated carbocycles. The molecule has 10 nitrogen and oxygen atoms in total. The van der Waals surface area contributed by atoms with Gasteiger partial charge in [-0.25, -0.2) is 4.68 Å². The van der Waals surface area contributed by atoms with E-state index in [1.807, 2.05) is 0 Å². The first kappa shape index (κ1) is 21.0. The molecule has 4 N–H and O–H groups in total. The largest absolute Gasteiger partial charge is 0.508 e. The maximum atomic E-state index is 12.5. The van der Waals surface area contributed by atoms with Crippen molar-refractivity contribution in [3.63, 3.8) is 0 Å². The molecular formula is C22H23N5O5. The molecule has 32 heavy (non-hydrogen) atoms. The van der Waals surface area contributed by atoms with Gasteiger partial charge in [0.15, 0.2) is 17.3 Å². The van der Waals surface area contributed by atoms with Gasteiger partial charge in [-0.3, -0.25) is 4.79 Å². The summed E-state index contributed by atoms with van der Waals surface area (Å²) < 4.78 is 18.0. The van der Waals surface area contributed by atoms with Crippen LogP contribution in [0.1, 0.15) is 18.5 Å². The minimum Gasteiger partial charge on any atom is -0.508 e. The smallest absolute Gasteiger partial charge is 0.248 e. The molecule has 0 bridgehead atoms. The molecule has 0 aliphatic carbocycles. The van der Waals surface area contributed by atoms with Gasteiger partial charge in [0.1, 0.15) is 11.8 Å². The van der Waals surface area contributed by atoms with Gasteiger partial charge >= 0.3 is 0 Å². The number of hydrogen-bond donors (Lipinski definition) is 3. The number of primary amides is 1. The van der Waals surface area contributed by atoms with E-state index in [9.17, 15) is 9.90 Å². The van der Waals surface area contributed by atoms with Crippen LogP contribution >= 0.6 is 0 Å². The first-order chi connectivity index (χ1) is 15.4. The van der Waals surface area contributed by atoms with Crippen molar-refractivity contribution in [2.24, 2.45) is 5.73 Å². The number of allylic oxidation sites excluding steroid dienone is 1. The number of nitrogens with zero attached hydrogens (tertiary/aromatic N) is 3. The van der Waals surface area contributed by atoms with Crippen molar-refractivity contribution in [1.29, 1.82) is 0 Å². The number of aromatic nitrogens is 3. The highest BCUT2D eigenvalue weighted by Gasteiger charge is 2.34. The second kappa shape index (κ2) is 8.14. The van der Waals surface area contributed by atoms with Crippen LogP contribution in [0.4, 0.5) is 5.95 Å². The number of anilines is 1. The number of amides is 1. The van der Waals surface area contributed by atoms with Crippen molar-refractivity contribution in [1.82, 2.24) is 14.8 Å². The lowest BCUT2D eigenvalue weighted by atomic mass is 9.94. The standard InChI is InChI=1S/C22H23N5O5/c1-11-17(20(23)29)18(13-9-15(30-2)19(32-4)16(10-13)31-3)27-22(24-11)25-21(26-27)12-5-7-14(28)8-6-12/h5-10,18,28H,1-4H3,(H2,23,29)(H,24,25,26)/t18-/m0/s1. The van der Waals surface area contributed by atoms with Crippen LogP contribution in [-0.4, -0.2) is 47.1 Å². The molecule has 10 heteroatoms. The summed E-state index contributed by atoms with van der Waals surface area (Å²) in [5.41, 5.74) is 8.00. The number of carbonyl (C=O) groups is 1. The van der Waals surface area contributed by atoms with E-state index in [1.165, 1.54) is 21.3 Å². The summed E-state index contributed by atoms with van der Waals surface area (Å²) in [6, 6.07) is 9.34. The van der Waals surface area contributed by atoms with E-state index in [-0.39, 0.29) is 5.75 Å². The first-order valence-electron chi connectivity index (χ1n) is 9.71. The fourth-order valence-electron chi connectivity index (χ4n) is 3.77. The Morgan fingerprint density at radius 3 is 2.25 bits per heavy atom. The van der Waals surface area contributed by atoms with Gasteiger partial charge in [0, 0.05) is 11.3 Å². The summed E-state index contributed by atoms with van der Waals surface area (Å²) in [5.74, 6) is 1.70. The number of phenolic OH excluding ortho intramolecular Hbond substituents is 1. The number of methoxy groups -OCH3 is 3. The SMILES string of the molecule is COc1cc([C@H]2C(C(N)=O)=C(C)Nc3nc(-c4ccc(O)cc4)nn32)cc(OC)c1OC. The van der Waals surface area contributed by atoms with Gasteiger partial charge in [-0.2, -0.15) is 4.98 Å². The molecule has 166 valence electrons. The van der Waals surface area contributed by atoms with Crippen molar-refractivity contribution >= 4 is 11.9 Å². The van der Waals surface area contributed by atoms with Crippen LogP contribution in [0.15, 0.2) is 47.7 Å². The molecule has 1 aromatic heterocycles. The van der Waals surface area contributed by atoms with E-state index >= 15 is 0 Å².